The minimum Gasteiger partial charge on any atom is -0.481 e. The lowest BCUT2D eigenvalue weighted by Gasteiger charge is -2.07. The van der Waals surface area contributed by atoms with Gasteiger partial charge >= 0.3 is 5.97 Å². The third-order valence-electron chi connectivity index (χ3n) is 4.51. The summed E-state index contributed by atoms with van der Waals surface area (Å²) in [6.07, 6.45) is 10.4. The van der Waals surface area contributed by atoms with Gasteiger partial charge in [-0.3, -0.25) is 4.79 Å². The number of unbranched alkanes of at least 4 members (excludes halogenated alkanes) is 7. The maximum absolute atomic E-state index is 10.4. The number of hydrogen-bond acceptors (Lipinski definition) is 3. The molecule has 0 unspecified atom stereocenters. The van der Waals surface area contributed by atoms with Gasteiger partial charge in [0.05, 0.1) is 17.1 Å². The van der Waals surface area contributed by atoms with E-state index in [4.69, 9.17) is 5.11 Å². The van der Waals surface area contributed by atoms with Crippen molar-refractivity contribution in [1.82, 2.24) is 15.0 Å². The molecule has 0 bridgehead atoms. The molecule has 0 saturated heterocycles. The zero-order valence-electron chi connectivity index (χ0n) is 15.2. The first kappa shape index (κ1) is 19.2. The van der Waals surface area contributed by atoms with Gasteiger partial charge in [-0.05, 0) is 38.3 Å². The maximum Gasteiger partial charge on any atom is 0.303 e. The molecule has 5 heteroatoms. The summed E-state index contributed by atoms with van der Waals surface area (Å²) in [5.41, 5.74) is 3.29. The topological polar surface area (TPSA) is 68.0 Å². The molecule has 0 fully saturated rings. The first-order valence-corrected chi connectivity index (χ1v) is 9.37. The van der Waals surface area contributed by atoms with Crippen LogP contribution in [0.4, 0.5) is 0 Å². The minimum atomic E-state index is -0.681. The Bertz CT molecular complexity index is 638. The first-order chi connectivity index (χ1) is 12.2. The third-order valence-corrected chi connectivity index (χ3v) is 4.51. The van der Waals surface area contributed by atoms with E-state index in [0.29, 0.717) is 6.42 Å². The van der Waals surface area contributed by atoms with Crippen molar-refractivity contribution >= 4 is 5.97 Å². The zero-order chi connectivity index (χ0) is 17.9. The Morgan fingerprint density at radius 2 is 1.56 bits per heavy atom. The largest absolute Gasteiger partial charge is 0.481 e. The molecule has 136 valence electrons. The van der Waals surface area contributed by atoms with Crippen molar-refractivity contribution in [2.24, 2.45) is 0 Å². The SMILES string of the molecule is Cc1nnn(-c2ccccc2)c1CCCCCCCCCCC(=O)O. The number of aromatic nitrogens is 3. The van der Waals surface area contributed by atoms with Crippen molar-refractivity contribution in [3.63, 3.8) is 0 Å². The second kappa shape index (κ2) is 10.6. The molecule has 1 aromatic carbocycles. The summed E-state index contributed by atoms with van der Waals surface area (Å²) in [5.74, 6) is -0.681. The molecule has 1 heterocycles. The molecule has 0 saturated carbocycles. The maximum atomic E-state index is 10.4. The van der Waals surface area contributed by atoms with E-state index >= 15 is 0 Å². The van der Waals surface area contributed by atoms with E-state index in [0.717, 1.165) is 43.5 Å². The molecule has 2 aromatic rings. The van der Waals surface area contributed by atoms with Crippen molar-refractivity contribution in [3.05, 3.63) is 41.7 Å². The van der Waals surface area contributed by atoms with Crippen molar-refractivity contribution in [2.75, 3.05) is 0 Å². The van der Waals surface area contributed by atoms with E-state index in [-0.39, 0.29) is 0 Å². The summed E-state index contributed by atoms with van der Waals surface area (Å²) in [7, 11) is 0. The van der Waals surface area contributed by atoms with E-state index < -0.39 is 5.97 Å². The Hall–Kier alpha value is -2.17. The number of aliphatic carboxylic acids is 1. The van der Waals surface area contributed by atoms with Gasteiger partial charge < -0.3 is 5.11 Å². The summed E-state index contributed by atoms with van der Waals surface area (Å²) < 4.78 is 1.96. The monoisotopic (exact) mass is 343 g/mol. The van der Waals surface area contributed by atoms with Gasteiger partial charge in [-0.1, -0.05) is 61.9 Å². The number of para-hydroxylation sites is 1. The third kappa shape index (κ3) is 6.69. The number of carboxylic acids is 1. The predicted molar refractivity (Wildman–Crippen MR) is 99.0 cm³/mol. The van der Waals surface area contributed by atoms with Crippen LogP contribution < -0.4 is 0 Å². The second-order valence-corrected chi connectivity index (χ2v) is 6.59. The number of aryl methyl sites for hydroxylation is 1. The van der Waals surface area contributed by atoms with Crippen molar-refractivity contribution in [3.8, 4) is 5.69 Å². The van der Waals surface area contributed by atoms with Crippen LogP contribution in [0.2, 0.25) is 0 Å². The van der Waals surface area contributed by atoms with Crippen LogP contribution in [0, 0.1) is 6.92 Å². The summed E-state index contributed by atoms with van der Waals surface area (Å²) >= 11 is 0. The highest BCUT2D eigenvalue weighted by molar-refractivity contribution is 5.66. The van der Waals surface area contributed by atoms with E-state index in [1.807, 2.05) is 29.8 Å². The molecule has 0 aliphatic rings. The Morgan fingerprint density at radius 3 is 2.20 bits per heavy atom. The molecule has 25 heavy (non-hydrogen) atoms. The van der Waals surface area contributed by atoms with Crippen LogP contribution in [0.15, 0.2) is 30.3 Å². The van der Waals surface area contributed by atoms with Gasteiger partial charge in [-0.2, -0.15) is 0 Å². The standard InChI is InChI=1S/C20H29N3O2/c1-17-19(23(22-21-17)18-13-9-8-10-14-18)15-11-6-4-2-3-5-7-12-16-20(24)25/h8-10,13-14H,2-7,11-12,15-16H2,1H3,(H,24,25). The number of nitrogens with zero attached hydrogens (tertiary/aromatic N) is 3. The molecule has 0 radical (unpaired) electrons. The van der Waals surface area contributed by atoms with Gasteiger partial charge in [-0.25, -0.2) is 4.68 Å². The predicted octanol–water partition coefficient (Wildman–Crippen LogP) is 4.71. The van der Waals surface area contributed by atoms with Crippen LogP contribution in [0.5, 0.6) is 0 Å². The van der Waals surface area contributed by atoms with Crippen molar-refractivity contribution in [2.45, 2.75) is 71.1 Å². The number of hydrogen-bond donors (Lipinski definition) is 1. The van der Waals surface area contributed by atoms with E-state index in [1.165, 1.54) is 31.4 Å². The average Bonchev–Trinajstić information content (AvgIpc) is 2.98. The Kier molecular flexibility index (Phi) is 8.16. The smallest absolute Gasteiger partial charge is 0.303 e. The molecule has 0 aliphatic heterocycles. The van der Waals surface area contributed by atoms with E-state index in [2.05, 4.69) is 22.4 Å². The molecule has 1 N–H and O–H groups in total. The first-order valence-electron chi connectivity index (χ1n) is 9.37. The van der Waals surface area contributed by atoms with Crippen molar-refractivity contribution < 1.29 is 9.90 Å². The lowest BCUT2D eigenvalue weighted by atomic mass is 10.1. The van der Waals surface area contributed by atoms with Gasteiger partial charge in [0.2, 0.25) is 0 Å². The molecule has 0 spiro atoms. The molecular weight excluding hydrogens is 314 g/mol. The lowest BCUT2D eigenvalue weighted by Crippen LogP contribution is -2.03. The quantitative estimate of drug-likeness (QED) is 0.567. The van der Waals surface area contributed by atoms with Gasteiger partial charge in [0.25, 0.3) is 0 Å². The fourth-order valence-corrected chi connectivity index (χ4v) is 3.07. The molecule has 0 aliphatic carbocycles. The summed E-state index contributed by atoms with van der Waals surface area (Å²) in [6, 6.07) is 10.2. The average molecular weight is 343 g/mol. The Labute approximate surface area is 150 Å². The van der Waals surface area contributed by atoms with E-state index in [9.17, 15) is 4.79 Å². The van der Waals surface area contributed by atoms with Gasteiger partial charge in [-0.15, -0.1) is 5.10 Å². The fourth-order valence-electron chi connectivity index (χ4n) is 3.07. The molecular formula is C20H29N3O2. The Balaban J connectivity index is 1.63. The van der Waals surface area contributed by atoms with Crippen LogP contribution in [0.1, 0.15) is 69.2 Å². The van der Waals surface area contributed by atoms with Crippen LogP contribution in [-0.4, -0.2) is 26.1 Å². The molecule has 0 amide bonds. The van der Waals surface area contributed by atoms with Crippen LogP contribution in [0.3, 0.4) is 0 Å². The van der Waals surface area contributed by atoms with Gasteiger partial charge in [0.15, 0.2) is 0 Å². The number of carboxylic acid groups (broad SMARTS) is 1. The second-order valence-electron chi connectivity index (χ2n) is 6.59. The van der Waals surface area contributed by atoms with Crippen molar-refractivity contribution in [1.29, 1.82) is 0 Å². The minimum absolute atomic E-state index is 0.308. The Morgan fingerprint density at radius 1 is 0.960 bits per heavy atom. The summed E-state index contributed by atoms with van der Waals surface area (Å²) in [5, 5.41) is 17.1. The van der Waals surface area contributed by atoms with E-state index in [1.54, 1.807) is 0 Å². The van der Waals surface area contributed by atoms with Crippen LogP contribution in [-0.2, 0) is 11.2 Å². The number of benzene rings is 1. The highest BCUT2D eigenvalue weighted by atomic mass is 16.4. The number of rotatable bonds is 12. The normalized spacial score (nSPS) is 10.9. The zero-order valence-corrected chi connectivity index (χ0v) is 15.2. The molecule has 1 aromatic heterocycles. The molecule has 0 atom stereocenters. The summed E-state index contributed by atoms with van der Waals surface area (Å²) in [4.78, 5) is 10.4. The highest BCUT2D eigenvalue weighted by Gasteiger charge is 2.10. The molecule has 5 nitrogen and oxygen atoms in total. The van der Waals surface area contributed by atoms with Crippen LogP contribution >= 0.6 is 0 Å². The van der Waals surface area contributed by atoms with Crippen LogP contribution in [0.25, 0.3) is 5.69 Å². The highest BCUT2D eigenvalue weighted by Crippen LogP contribution is 2.16. The number of carbonyl (C=O) groups is 1. The fraction of sp³-hybridized carbons (Fsp3) is 0.550. The molecule has 2 rings (SSSR count). The van der Waals surface area contributed by atoms with Gasteiger partial charge in [0, 0.05) is 6.42 Å². The van der Waals surface area contributed by atoms with Gasteiger partial charge in [0.1, 0.15) is 0 Å². The summed E-state index contributed by atoms with van der Waals surface area (Å²) in [6.45, 7) is 2.03. The lowest BCUT2D eigenvalue weighted by molar-refractivity contribution is -0.137.